The summed E-state index contributed by atoms with van der Waals surface area (Å²) in [5.41, 5.74) is 9.28. The van der Waals surface area contributed by atoms with Gasteiger partial charge in [-0.15, -0.1) is 0 Å². The van der Waals surface area contributed by atoms with E-state index >= 15 is 0 Å². The van der Waals surface area contributed by atoms with Gasteiger partial charge in [0.25, 0.3) is 0 Å². The van der Waals surface area contributed by atoms with Crippen LogP contribution in [0.4, 0.5) is 17.1 Å². The van der Waals surface area contributed by atoms with Gasteiger partial charge in [-0.05, 0) is 44.2 Å². The van der Waals surface area contributed by atoms with E-state index in [2.05, 4.69) is 10.3 Å². The summed E-state index contributed by atoms with van der Waals surface area (Å²) in [7, 11) is 0. The molecule has 0 fully saturated rings. The Morgan fingerprint density at radius 3 is 2.46 bits per heavy atom. The number of anilines is 3. The number of nitrogens with one attached hydrogen (secondary N) is 1. The van der Waals surface area contributed by atoms with Crippen molar-refractivity contribution in [3.8, 4) is 11.5 Å². The second kappa shape index (κ2) is 7.08. The lowest BCUT2D eigenvalue weighted by molar-refractivity contribution is 0.288. The van der Waals surface area contributed by atoms with Gasteiger partial charge in [0.1, 0.15) is 0 Å². The molecule has 5 nitrogen and oxygen atoms in total. The van der Waals surface area contributed by atoms with Crippen molar-refractivity contribution < 1.29 is 9.47 Å². The highest BCUT2D eigenvalue weighted by Crippen LogP contribution is 2.35. The van der Waals surface area contributed by atoms with Crippen molar-refractivity contribution in [2.75, 3.05) is 24.3 Å². The van der Waals surface area contributed by atoms with Gasteiger partial charge < -0.3 is 20.5 Å². The minimum Gasteiger partial charge on any atom is -0.490 e. The summed E-state index contributed by atoms with van der Waals surface area (Å²) in [4.78, 5) is 4.44. The Morgan fingerprint density at radius 2 is 1.75 bits per heavy atom. The highest BCUT2D eigenvalue weighted by atomic mass is 16.5. The third-order valence-corrected chi connectivity index (χ3v) is 3.57. The zero-order chi connectivity index (χ0) is 16.9. The standard InChI is InChI=1S/C19H21N3O2/c1-3-23-18-11-15-16(22-14-7-5-6-13(20)10-14)8-9-21-17(15)12-19(18)24-4-2/h5-12H,3-4,20H2,1-2H3,(H,21,22). The van der Waals surface area contributed by atoms with E-state index in [4.69, 9.17) is 15.2 Å². The molecule has 3 N–H and O–H groups in total. The summed E-state index contributed by atoms with van der Waals surface area (Å²) in [5, 5.41) is 4.36. The van der Waals surface area contributed by atoms with Crippen molar-refractivity contribution >= 4 is 28.0 Å². The first-order valence-electron chi connectivity index (χ1n) is 8.02. The van der Waals surface area contributed by atoms with E-state index in [1.165, 1.54) is 0 Å². The van der Waals surface area contributed by atoms with Crippen LogP contribution in [0.15, 0.2) is 48.7 Å². The van der Waals surface area contributed by atoms with E-state index < -0.39 is 0 Å². The number of pyridine rings is 1. The lowest BCUT2D eigenvalue weighted by Crippen LogP contribution is -2.00. The molecule has 3 aromatic rings. The molecule has 0 saturated carbocycles. The second-order valence-electron chi connectivity index (χ2n) is 5.29. The number of rotatable bonds is 6. The molecule has 0 aliphatic carbocycles. The van der Waals surface area contributed by atoms with Gasteiger partial charge >= 0.3 is 0 Å². The maximum atomic E-state index is 5.85. The Morgan fingerprint density at radius 1 is 1.00 bits per heavy atom. The summed E-state index contributed by atoms with van der Waals surface area (Å²) < 4.78 is 11.4. The van der Waals surface area contributed by atoms with Gasteiger partial charge in [0.2, 0.25) is 0 Å². The van der Waals surface area contributed by atoms with Gasteiger partial charge in [-0.2, -0.15) is 0 Å². The first-order chi connectivity index (χ1) is 11.7. The highest BCUT2D eigenvalue weighted by molar-refractivity contribution is 5.95. The summed E-state index contributed by atoms with van der Waals surface area (Å²) in [5.74, 6) is 1.43. The van der Waals surface area contributed by atoms with Crippen LogP contribution in [0.25, 0.3) is 10.9 Å². The zero-order valence-corrected chi connectivity index (χ0v) is 13.9. The summed E-state index contributed by atoms with van der Waals surface area (Å²) in [6.07, 6.45) is 1.77. The SMILES string of the molecule is CCOc1cc2nccc(Nc3cccc(N)c3)c2cc1OCC. The van der Waals surface area contributed by atoms with Crippen molar-refractivity contribution in [3.63, 3.8) is 0 Å². The van der Waals surface area contributed by atoms with Gasteiger partial charge in [0.15, 0.2) is 11.5 Å². The molecule has 3 rings (SSSR count). The fourth-order valence-electron chi connectivity index (χ4n) is 2.57. The number of nitrogens with two attached hydrogens (primary N) is 1. The smallest absolute Gasteiger partial charge is 0.163 e. The number of aromatic nitrogens is 1. The predicted octanol–water partition coefficient (Wildman–Crippen LogP) is 4.36. The minimum atomic E-state index is 0.573. The average Bonchev–Trinajstić information content (AvgIpc) is 2.56. The number of nitrogen functional groups attached to an aromatic ring is 1. The summed E-state index contributed by atoms with van der Waals surface area (Å²) in [6.45, 7) is 5.05. The van der Waals surface area contributed by atoms with E-state index in [1.807, 2.05) is 56.3 Å². The van der Waals surface area contributed by atoms with Gasteiger partial charge in [0.05, 0.1) is 18.7 Å². The topological polar surface area (TPSA) is 69.4 Å². The monoisotopic (exact) mass is 323 g/mol. The molecule has 124 valence electrons. The molecule has 5 heteroatoms. The molecule has 1 heterocycles. The molecule has 0 amide bonds. The first kappa shape index (κ1) is 15.9. The lowest BCUT2D eigenvalue weighted by atomic mass is 10.1. The molecule has 0 spiro atoms. The van der Waals surface area contributed by atoms with E-state index in [0.717, 1.165) is 28.0 Å². The van der Waals surface area contributed by atoms with Gasteiger partial charge in [0, 0.05) is 34.7 Å². The van der Waals surface area contributed by atoms with Crippen LogP contribution in [0.5, 0.6) is 11.5 Å². The van der Waals surface area contributed by atoms with Crippen molar-refractivity contribution in [1.82, 2.24) is 4.98 Å². The molecule has 0 unspecified atom stereocenters. The van der Waals surface area contributed by atoms with Gasteiger partial charge in [-0.3, -0.25) is 4.98 Å². The molecule has 0 aliphatic rings. The van der Waals surface area contributed by atoms with Crippen LogP contribution in [-0.4, -0.2) is 18.2 Å². The largest absolute Gasteiger partial charge is 0.490 e. The van der Waals surface area contributed by atoms with E-state index in [9.17, 15) is 0 Å². The number of fused-ring (bicyclic) bond motifs is 1. The zero-order valence-electron chi connectivity index (χ0n) is 13.9. The maximum Gasteiger partial charge on any atom is 0.163 e. The van der Waals surface area contributed by atoms with Crippen molar-refractivity contribution in [1.29, 1.82) is 0 Å². The maximum absolute atomic E-state index is 5.85. The normalized spacial score (nSPS) is 10.6. The Kier molecular flexibility index (Phi) is 4.70. The molecule has 1 aromatic heterocycles. The highest BCUT2D eigenvalue weighted by Gasteiger charge is 2.11. The summed E-state index contributed by atoms with van der Waals surface area (Å²) in [6, 6.07) is 13.4. The molecule has 0 atom stereocenters. The Labute approximate surface area is 141 Å². The van der Waals surface area contributed by atoms with Crippen LogP contribution >= 0.6 is 0 Å². The van der Waals surface area contributed by atoms with Crippen molar-refractivity contribution in [3.05, 3.63) is 48.7 Å². The average molecular weight is 323 g/mol. The Balaban J connectivity index is 2.06. The first-order valence-corrected chi connectivity index (χ1v) is 8.02. The number of hydrogen-bond acceptors (Lipinski definition) is 5. The molecule has 0 radical (unpaired) electrons. The molecular formula is C19H21N3O2. The molecule has 2 aromatic carbocycles. The number of nitrogens with zero attached hydrogens (tertiary/aromatic N) is 1. The predicted molar refractivity (Wildman–Crippen MR) is 98.2 cm³/mol. The van der Waals surface area contributed by atoms with Gasteiger partial charge in [-0.1, -0.05) is 6.07 Å². The van der Waals surface area contributed by atoms with Crippen LogP contribution in [0.3, 0.4) is 0 Å². The third-order valence-electron chi connectivity index (χ3n) is 3.57. The molecular weight excluding hydrogens is 302 g/mol. The fraction of sp³-hybridized carbons (Fsp3) is 0.211. The van der Waals surface area contributed by atoms with E-state index in [0.29, 0.717) is 24.7 Å². The second-order valence-corrected chi connectivity index (χ2v) is 5.29. The van der Waals surface area contributed by atoms with Crippen LogP contribution in [0, 0.1) is 0 Å². The third kappa shape index (κ3) is 3.35. The minimum absolute atomic E-state index is 0.573. The van der Waals surface area contributed by atoms with E-state index in [-0.39, 0.29) is 0 Å². The number of ether oxygens (including phenoxy) is 2. The van der Waals surface area contributed by atoms with Crippen molar-refractivity contribution in [2.45, 2.75) is 13.8 Å². The van der Waals surface area contributed by atoms with Gasteiger partial charge in [-0.25, -0.2) is 0 Å². The van der Waals surface area contributed by atoms with Crippen LogP contribution in [-0.2, 0) is 0 Å². The Hall–Kier alpha value is -2.95. The molecule has 0 aliphatic heterocycles. The molecule has 0 saturated heterocycles. The lowest BCUT2D eigenvalue weighted by Gasteiger charge is -2.14. The van der Waals surface area contributed by atoms with Crippen LogP contribution in [0.2, 0.25) is 0 Å². The molecule has 24 heavy (non-hydrogen) atoms. The quantitative estimate of drug-likeness (QED) is 0.660. The van der Waals surface area contributed by atoms with E-state index in [1.54, 1.807) is 6.20 Å². The number of hydrogen-bond donors (Lipinski definition) is 2. The van der Waals surface area contributed by atoms with Crippen LogP contribution in [0.1, 0.15) is 13.8 Å². The Bertz CT molecular complexity index is 849. The fourth-order valence-corrected chi connectivity index (χ4v) is 2.57. The van der Waals surface area contributed by atoms with Crippen LogP contribution < -0.4 is 20.5 Å². The number of benzene rings is 2. The summed E-state index contributed by atoms with van der Waals surface area (Å²) >= 11 is 0. The molecule has 0 bridgehead atoms. The van der Waals surface area contributed by atoms with Crippen molar-refractivity contribution in [2.24, 2.45) is 0 Å².